The molecule has 17 N–H and O–H groups in total. The molecule has 0 radical (unpaired) electrons. The topological polar surface area (TPSA) is 436 Å². The van der Waals surface area contributed by atoms with E-state index in [1.165, 1.54) is 0 Å². The van der Waals surface area contributed by atoms with Crippen molar-refractivity contribution in [1.29, 1.82) is 0 Å². The number of hydrogen-bond donors (Lipinski definition) is 17. The van der Waals surface area contributed by atoms with Crippen molar-refractivity contribution in [2.75, 3.05) is 39.6 Å². The molecule has 9 aliphatic rings. The van der Waals surface area contributed by atoms with Crippen molar-refractivity contribution < 1.29 is 134 Å². The lowest BCUT2D eigenvalue weighted by Crippen LogP contribution is -2.68. The Morgan fingerprint density at radius 3 is 1.65 bits per heavy atom. The van der Waals surface area contributed by atoms with E-state index >= 15 is 0 Å². The molecule has 5 aliphatic heterocycles. The van der Waals surface area contributed by atoms with Crippen LogP contribution in [0.15, 0.2) is 0 Å². The average molecular weight is 1190 g/mol. The molecule has 0 aromatic rings. The molecule has 0 amide bonds. The first-order valence-corrected chi connectivity index (χ1v) is 29.7. The van der Waals surface area contributed by atoms with Crippen molar-refractivity contribution in [2.24, 2.45) is 52.3 Å². The Bertz CT molecular complexity index is 2020. The van der Waals surface area contributed by atoms with Crippen LogP contribution >= 0.6 is 0 Å². The summed E-state index contributed by atoms with van der Waals surface area (Å²) in [6, 6.07) is 0. The maximum absolute atomic E-state index is 11.9. The monoisotopic (exact) mass is 1190 g/mol. The quantitative estimate of drug-likeness (QED) is 0.0538. The molecule has 9 fully saturated rings. The summed E-state index contributed by atoms with van der Waals surface area (Å²) >= 11 is 0. The van der Waals surface area contributed by atoms with Gasteiger partial charge in [-0.3, -0.25) is 0 Å². The third-order valence-electron chi connectivity index (χ3n) is 21.0. The Labute approximate surface area is 476 Å². The van der Waals surface area contributed by atoms with Crippen LogP contribution in [0.2, 0.25) is 0 Å². The van der Waals surface area contributed by atoms with Gasteiger partial charge in [0, 0.05) is 6.61 Å². The molecule has 0 bridgehead atoms. The zero-order chi connectivity index (χ0) is 59.4. The summed E-state index contributed by atoms with van der Waals surface area (Å²) in [5, 5.41) is 183. The zero-order valence-corrected chi connectivity index (χ0v) is 47.1. The molecule has 4 aliphatic carbocycles. The number of ether oxygens (including phenoxy) is 10. The van der Waals surface area contributed by atoms with Gasteiger partial charge in [0.1, 0.15) is 110 Å². The second-order valence-corrected chi connectivity index (χ2v) is 25.9. The van der Waals surface area contributed by atoms with Crippen LogP contribution in [0.5, 0.6) is 0 Å². The van der Waals surface area contributed by atoms with E-state index in [1.807, 2.05) is 13.8 Å². The van der Waals surface area contributed by atoms with E-state index < -0.39 is 186 Å². The molecule has 4 saturated carbocycles. The second-order valence-electron chi connectivity index (χ2n) is 25.9. The number of hydrogen-bond acceptors (Lipinski definition) is 27. The third-order valence-corrected chi connectivity index (χ3v) is 21.0. The van der Waals surface area contributed by atoms with Crippen molar-refractivity contribution in [3.05, 3.63) is 0 Å². The summed E-state index contributed by atoms with van der Waals surface area (Å²) in [6.07, 6.45) is -33.5. The molecule has 0 aromatic heterocycles. The molecule has 35 atom stereocenters. The third kappa shape index (κ3) is 12.6. The maximum atomic E-state index is 11.9. The second kappa shape index (κ2) is 26.9. The van der Waals surface area contributed by atoms with Gasteiger partial charge < -0.3 is 134 Å². The van der Waals surface area contributed by atoms with E-state index in [-0.39, 0.29) is 53.6 Å². The highest BCUT2D eigenvalue weighted by molar-refractivity contribution is 5.13. The fourth-order valence-electron chi connectivity index (χ4n) is 16.1. The van der Waals surface area contributed by atoms with Gasteiger partial charge in [-0.2, -0.15) is 0 Å². The van der Waals surface area contributed by atoms with Gasteiger partial charge in [0.15, 0.2) is 31.5 Å². The summed E-state index contributed by atoms with van der Waals surface area (Å²) in [6.45, 7) is 5.31. The van der Waals surface area contributed by atoms with E-state index in [4.69, 9.17) is 47.4 Å². The molecule has 5 heterocycles. The van der Waals surface area contributed by atoms with E-state index in [1.54, 1.807) is 0 Å². The lowest BCUT2D eigenvalue weighted by atomic mass is 9.44. The molecule has 82 heavy (non-hydrogen) atoms. The Kier molecular flexibility index (Phi) is 21.5. The van der Waals surface area contributed by atoms with Crippen molar-refractivity contribution >= 4 is 0 Å². The van der Waals surface area contributed by atoms with Crippen LogP contribution in [-0.4, -0.2) is 286 Å². The van der Waals surface area contributed by atoms with Crippen LogP contribution in [0.3, 0.4) is 0 Å². The van der Waals surface area contributed by atoms with Crippen LogP contribution in [0.4, 0.5) is 0 Å². The van der Waals surface area contributed by atoms with E-state index in [9.17, 15) is 86.8 Å². The average Bonchev–Trinajstić information content (AvgIpc) is 3.94. The fraction of sp³-hybridized carbons (Fsp3) is 1.00. The number of aliphatic hydroxyl groups excluding tert-OH is 17. The van der Waals surface area contributed by atoms with Gasteiger partial charge in [-0.15, -0.1) is 0 Å². The first-order chi connectivity index (χ1) is 38.9. The summed E-state index contributed by atoms with van der Waals surface area (Å²) in [5.41, 5.74) is -0.388. The minimum Gasteiger partial charge on any atom is -0.396 e. The van der Waals surface area contributed by atoms with Crippen LogP contribution in [-0.2, 0) is 47.4 Å². The van der Waals surface area contributed by atoms with Crippen LogP contribution in [0, 0.1) is 52.3 Å². The highest BCUT2D eigenvalue weighted by atomic mass is 16.8. The maximum Gasteiger partial charge on any atom is 0.187 e. The van der Waals surface area contributed by atoms with E-state index in [0.29, 0.717) is 43.9 Å². The van der Waals surface area contributed by atoms with Crippen LogP contribution < -0.4 is 0 Å². The van der Waals surface area contributed by atoms with Crippen LogP contribution in [0.1, 0.15) is 91.9 Å². The lowest BCUT2D eigenvalue weighted by molar-refractivity contribution is -0.404. The van der Waals surface area contributed by atoms with Crippen molar-refractivity contribution in [1.82, 2.24) is 0 Å². The van der Waals surface area contributed by atoms with Crippen molar-refractivity contribution in [3.8, 4) is 0 Å². The zero-order valence-electron chi connectivity index (χ0n) is 47.1. The first kappa shape index (κ1) is 65.4. The summed E-state index contributed by atoms with van der Waals surface area (Å²) in [5.74, 6) is 0.633. The summed E-state index contributed by atoms with van der Waals surface area (Å²) < 4.78 is 60.3. The molecule has 5 saturated heterocycles. The van der Waals surface area contributed by atoms with Gasteiger partial charge in [-0.25, -0.2) is 0 Å². The predicted octanol–water partition coefficient (Wildman–Crippen LogP) is -5.22. The highest BCUT2D eigenvalue weighted by Gasteiger charge is 2.65. The minimum atomic E-state index is -2.03. The molecule has 476 valence electrons. The Morgan fingerprint density at radius 2 is 1.01 bits per heavy atom. The molecule has 27 heteroatoms. The standard InChI is InChI=1S/C55H94O27/c1-21(15-56)5-8-28(60)22(2)35-31(76-49-42(69)36(63)29(61)19-73-49)14-27-25-7-6-23-13-24(9-11-54(23,3)26(25)10-12-55(27,35)4)75-51-45(72)41(68)46(34(18-59)79-51)80-53-48(82-52-44(71)40(67)38(65)32(16-57)77-52)47(39(66)33(17-58)78-53)81-50-43(70)37(64)30(62)20-74-50/h21-53,56-72H,5-20H2,1-4H3/t21-,22+,23-,24?,25?,26?,27?,28+,29?,30+,31?,32?,33?,34?,35?,36?,37-,38?,39+,40+,41+,42?,43?,44-,45?,46-,47-,48?,49-,50-,51+,52?,53-,54-,55-/m0/s1. The molecule has 27 nitrogen and oxygen atoms in total. The number of rotatable bonds is 19. The fourth-order valence-corrected chi connectivity index (χ4v) is 16.1. The van der Waals surface area contributed by atoms with Gasteiger partial charge >= 0.3 is 0 Å². The van der Waals surface area contributed by atoms with Gasteiger partial charge in [-0.1, -0.05) is 27.7 Å². The van der Waals surface area contributed by atoms with E-state index in [0.717, 1.165) is 32.1 Å². The van der Waals surface area contributed by atoms with Gasteiger partial charge in [0.25, 0.3) is 0 Å². The minimum absolute atomic E-state index is 0.0151. The van der Waals surface area contributed by atoms with Gasteiger partial charge in [-0.05, 0) is 116 Å². The van der Waals surface area contributed by atoms with Crippen molar-refractivity contribution in [2.45, 2.75) is 252 Å². The highest BCUT2D eigenvalue weighted by Crippen LogP contribution is 2.69. The number of fused-ring (bicyclic) bond motifs is 5. The van der Waals surface area contributed by atoms with E-state index in [2.05, 4.69) is 13.8 Å². The number of aliphatic hydroxyl groups is 17. The largest absolute Gasteiger partial charge is 0.396 e. The Balaban J connectivity index is 0.883. The molecular weight excluding hydrogens is 1090 g/mol. The summed E-state index contributed by atoms with van der Waals surface area (Å²) in [7, 11) is 0. The van der Waals surface area contributed by atoms with Gasteiger partial charge in [0.05, 0.1) is 51.3 Å². The van der Waals surface area contributed by atoms with Crippen LogP contribution in [0.25, 0.3) is 0 Å². The molecular formula is C55H94O27. The summed E-state index contributed by atoms with van der Waals surface area (Å²) in [4.78, 5) is 0. The van der Waals surface area contributed by atoms with Crippen molar-refractivity contribution in [3.63, 3.8) is 0 Å². The smallest absolute Gasteiger partial charge is 0.187 e. The Hall–Kier alpha value is -1.08. The normalized spacial score (nSPS) is 52.9. The molecule has 17 unspecified atom stereocenters. The van der Waals surface area contributed by atoms with Gasteiger partial charge in [0.2, 0.25) is 0 Å². The Morgan fingerprint density at radius 1 is 0.476 bits per heavy atom. The first-order valence-electron chi connectivity index (χ1n) is 29.7. The molecule has 9 rings (SSSR count). The molecule has 0 spiro atoms. The molecule has 0 aromatic carbocycles. The SMILES string of the molecule is C[C@H](CO)CC[C@@H](O)[C@@H](C)C1C(O[C@@H]2OCC(O)C(O)C2O)CC2C3CC[C@H]4CC(O[C@@H]5OC(CO)[C@H](O[C@@H]6OC(CO)[C@@H](O)[C@H](O[C@@H]7OC[C@@H](O)[C@H](O)C7O)C6OC6OC(CO)C(O)[C@@H](O)[C@@H]6O)[C@H](O)C5O)CC[C@]4(C)C3CC[C@@]21C. The lowest BCUT2D eigenvalue weighted by Gasteiger charge is -2.61. The predicted molar refractivity (Wildman–Crippen MR) is 274 cm³/mol.